The number of hydrogen-bond acceptors (Lipinski definition) is 5. The van der Waals surface area contributed by atoms with Gasteiger partial charge in [0.15, 0.2) is 0 Å². The summed E-state index contributed by atoms with van der Waals surface area (Å²) < 4.78 is 1.79. The van der Waals surface area contributed by atoms with Gasteiger partial charge in [0.2, 0.25) is 5.91 Å². The lowest BCUT2D eigenvalue weighted by Gasteiger charge is -2.33. The maximum atomic E-state index is 13.4. The minimum atomic E-state index is 0.212. The number of aryl methyl sites for hydroxylation is 1. The molecule has 7 nitrogen and oxygen atoms in total. The quantitative estimate of drug-likeness (QED) is 0.766. The van der Waals surface area contributed by atoms with Gasteiger partial charge in [-0.05, 0) is 58.8 Å². The van der Waals surface area contributed by atoms with E-state index in [1.165, 1.54) is 32.0 Å². The minimum Gasteiger partial charge on any atom is -0.357 e. The number of fused-ring (bicyclic) bond motifs is 1. The molecule has 4 rings (SSSR count). The zero-order valence-corrected chi connectivity index (χ0v) is 17.8. The molecule has 2 heterocycles. The second-order valence-corrected chi connectivity index (χ2v) is 8.97. The van der Waals surface area contributed by atoms with Crippen LogP contribution in [-0.4, -0.2) is 56.6 Å². The number of amides is 1. The predicted octanol–water partition coefficient (Wildman–Crippen LogP) is 2.99. The Morgan fingerprint density at radius 1 is 1.29 bits per heavy atom. The Bertz CT molecular complexity index is 884. The number of hydrogen-bond donors (Lipinski definition) is 0. The van der Waals surface area contributed by atoms with Crippen molar-refractivity contribution in [2.45, 2.75) is 65.8 Å². The van der Waals surface area contributed by atoms with Crippen LogP contribution in [0.2, 0.25) is 0 Å². The smallest absolute Gasteiger partial charge is 0.254 e. The summed E-state index contributed by atoms with van der Waals surface area (Å²) in [6, 6.07) is 0.212. The molecule has 0 N–H and O–H groups in total. The lowest BCUT2D eigenvalue weighted by atomic mass is 9.91. The Labute approximate surface area is 167 Å². The molecule has 2 fully saturated rings. The zero-order valence-electron chi connectivity index (χ0n) is 17.8. The van der Waals surface area contributed by atoms with Crippen LogP contribution in [0.25, 0.3) is 5.78 Å². The van der Waals surface area contributed by atoms with Crippen LogP contribution in [0.4, 0.5) is 5.82 Å². The lowest BCUT2D eigenvalue weighted by molar-refractivity contribution is -0.138. The maximum absolute atomic E-state index is 13.4. The highest BCUT2D eigenvalue weighted by molar-refractivity contribution is 5.81. The zero-order chi connectivity index (χ0) is 20.1. The highest BCUT2D eigenvalue weighted by atomic mass is 16.2. The number of carbonyl (C=O) groups is 1. The summed E-state index contributed by atoms with van der Waals surface area (Å²) in [5, 5.41) is 4.35. The fourth-order valence-electron chi connectivity index (χ4n) is 4.93. The number of nitrogens with zero attached hydrogens (tertiary/aromatic N) is 6. The van der Waals surface area contributed by atoms with Crippen LogP contribution in [0, 0.1) is 25.2 Å². The van der Waals surface area contributed by atoms with E-state index in [2.05, 4.69) is 52.7 Å². The van der Waals surface area contributed by atoms with Gasteiger partial charge in [-0.3, -0.25) is 4.79 Å². The van der Waals surface area contributed by atoms with Crippen molar-refractivity contribution < 1.29 is 4.79 Å². The second kappa shape index (κ2) is 7.01. The third kappa shape index (κ3) is 3.14. The summed E-state index contributed by atoms with van der Waals surface area (Å²) in [6.07, 6.45) is 7.55. The van der Waals surface area contributed by atoms with Crippen molar-refractivity contribution in [2.75, 3.05) is 25.0 Å². The molecule has 28 heavy (non-hydrogen) atoms. The van der Waals surface area contributed by atoms with Gasteiger partial charge in [-0.25, -0.2) is 4.98 Å². The van der Waals surface area contributed by atoms with Gasteiger partial charge in [0, 0.05) is 43.4 Å². The molecule has 1 unspecified atom stereocenters. The van der Waals surface area contributed by atoms with E-state index in [0.717, 1.165) is 36.6 Å². The maximum Gasteiger partial charge on any atom is 0.254 e. The third-order valence-electron chi connectivity index (χ3n) is 6.92. The molecule has 1 spiro atoms. The van der Waals surface area contributed by atoms with E-state index in [-0.39, 0.29) is 12.0 Å². The van der Waals surface area contributed by atoms with E-state index in [1.54, 1.807) is 4.52 Å². The Kier molecular flexibility index (Phi) is 4.79. The minimum absolute atomic E-state index is 0.212. The topological polar surface area (TPSA) is 66.6 Å². The average molecular weight is 385 g/mol. The average Bonchev–Trinajstić information content (AvgIpc) is 3.07. The van der Waals surface area contributed by atoms with Crippen molar-refractivity contribution >= 4 is 17.5 Å². The molecule has 1 amide bonds. The van der Waals surface area contributed by atoms with Crippen LogP contribution >= 0.6 is 0 Å². The van der Waals surface area contributed by atoms with E-state index in [9.17, 15) is 4.79 Å². The van der Waals surface area contributed by atoms with Crippen molar-refractivity contribution in [2.24, 2.45) is 11.3 Å². The van der Waals surface area contributed by atoms with Gasteiger partial charge in [-0.1, -0.05) is 6.42 Å². The van der Waals surface area contributed by atoms with E-state index in [4.69, 9.17) is 0 Å². The van der Waals surface area contributed by atoms with Gasteiger partial charge >= 0.3 is 0 Å². The summed E-state index contributed by atoms with van der Waals surface area (Å²) in [5.74, 6) is 2.22. The normalized spacial score (nSPS) is 20.3. The summed E-state index contributed by atoms with van der Waals surface area (Å²) in [6.45, 7) is 9.80. The highest BCUT2D eigenvalue weighted by Gasteiger charge is 2.55. The molecule has 0 bridgehead atoms. The van der Waals surface area contributed by atoms with Gasteiger partial charge in [-0.2, -0.15) is 14.6 Å². The first-order valence-corrected chi connectivity index (χ1v) is 10.5. The van der Waals surface area contributed by atoms with Gasteiger partial charge in [0.05, 0.1) is 0 Å². The largest absolute Gasteiger partial charge is 0.357 e. The van der Waals surface area contributed by atoms with Crippen LogP contribution < -0.4 is 4.90 Å². The van der Waals surface area contributed by atoms with Crippen LogP contribution in [0.1, 0.15) is 57.2 Å². The first-order chi connectivity index (χ1) is 13.3. The van der Waals surface area contributed by atoms with Crippen molar-refractivity contribution in [1.29, 1.82) is 0 Å². The summed E-state index contributed by atoms with van der Waals surface area (Å²) >= 11 is 0. The predicted molar refractivity (Wildman–Crippen MR) is 109 cm³/mol. The molecular weight excluding hydrogens is 352 g/mol. The number of carbonyl (C=O) groups excluding carboxylic acids is 1. The second-order valence-electron chi connectivity index (χ2n) is 8.97. The molecule has 0 aromatic carbocycles. The Morgan fingerprint density at radius 3 is 2.71 bits per heavy atom. The summed E-state index contributed by atoms with van der Waals surface area (Å²) in [7, 11) is 2.06. The molecule has 7 heteroatoms. The van der Waals surface area contributed by atoms with Crippen LogP contribution in [0.5, 0.6) is 0 Å². The van der Waals surface area contributed by atoms with Crippen molar-refractivity contribution in [1.82, 2.24) is 24.5 Å². The first kappa shape index (κ1) is 19.2. The molecule has 2 aliphatic rings. The van der Waals surface area contributed by atoms with Gasteiger partial charge in [0.25, 0.3) is 5.78 Å². The van der Waals surface area contributed by atoms with Gasteiger partial charge in [-0.15, -0.1) is 0 Å². The molecule has 152 valence electrons. The fraction of sp³-hybridized carbons (Fsp3) is 0.714. The SMILES string of the molecule is Cc1nc2ncnn2c(N(C)CCN(C(=O)C2CCCC23CC3)C(C)C)c1C. The van der Waals surface area contributed by atoms with Gasteiger partial charge < -0.3 is 9.80 Å². The van der Waals surface area contributed by atoms with Crippen molar-refractivity contribution in [3.05, 3.63) is 17.6 Å². The number of aromatic nitrogens is 4. The Balaban J connectivity index is 1.51. The lowest BCUT2D eigenvalue weighted by Crippen LogP contribution is -2.46. The van der Waals surface area contributed by atoms with Crippen molar-refractivity contribution in [3.63, 3.8) is 0 Å². The molecule has 0 aliphatic heterocycles. The molecule has 2 aliphatic carbocycles. The monoisotopic (exact) mass is 384 g/mol. The molecule has 2 aromatic rings. The Morgan fingerprint density at radius 2 is 2.04 bits per heavy atom. The van der Waals surface area contributed by atoms with E-state index in [0.29, 0.717) is 17.1 Å². The van der Waals surface area contributed by atoms with Crippen molar-refractivity contribution in [3.8, 4) is 0 Å². The third-order valence-corrected chi connectivity index (χ3v) is 6.92. The highest BCUT2D eigenvalue weighted by Crippen LogP contribution is 2.61. The number of likely N-dealkylation sites (N-methyl/N-ethyl adjacent to an activating group) is 1. The number of anilines is 1. The molecule has 0 radical (unpaired) electrons. The standard InChI is InChI=1S/C21H32N6O/c1-14(2)26(19(28)17-7-6-8-21(17)9-10-21)12-11-25(5)18-15(3)16(4)24-20-22-13-23-27(18)20/h13-14,17H,6-12H2,1-5H3. The summed E-state index contributed by atoms with van der Waals surface area (Å²) in [4.78, 5) is 26.4. The molecule has 1 atom stereocenters. The van der Waals surface area contributed by atoms with Crippen LogP contribution in [-0.2, 0) is 4.79 Å². The Hall–Kier alpha value is -2.18. The number of rotatable bonds is 6. The molecule has 0 saturated heterocycles. The van der Waals surface area contributed by atoms with E-state index < -0.39 is 0 Å². The molecule has 2 aromatic heterocycles. The first-order valence-electron chi connectivity index (χ1n) is 10.5. The van der Waals surface area contributed by atoms with Crippen LogP contribution in [0.15, 0.2) is 6.33 Å². The van der Waals surface area contributed by atoms with Gasteiger partial charge in [0.1, 0.15) is 12.1 Å². The van der Waals surface area contributed by atoms with E-state index in [1.807, 2.05) is 6.92 Å². The molecule has 2 saturated carbocycles. The van der Waals surface area contributed by atoms with E-state index >= 15 is 0 Å². The molecular formula is C21H32N6O. The van der Waals surface area contributed by atoms with Crippen LogP contribution in [0.3, 0.4) is 0 Å². The fourth-order valence-corrected chi connectivity index (χ4v) is 4.93. The summed E-state index contributed by atoms with van der Waals surface area (Å²) in [5.41, 5.74) is 2.40.